The maximum atomic E-state index is 12.1. The zero-order valence-electron chi connectivity index (χ0n) is 12.3. The minimum atomic E-state index is -0.734. The van der Waals surface area contributed by atoms with E-state index in [9.17, 15) is 14.4 Å². The van der Waals surface area contributed by atoms with Gasteiger partial charge in [0.15, 0.2) is 5.76 Å². The summed E-state index contributed by atoms with van der Waals surface area (Å²) < 4.78 is 4.96. The Hall–Kier alpha value is -2.83. The molecule has 0 fully saturated rings. The number of hydrogen-bond donors (Lipinski definition) is 3. The number of aromatic amines is 1. The van der Waals surface area contributed by atoms with Crippen molar-refractivity contribution in [2.45, 2.75) is 25.9 Å². The molecule has 2 unspecified atom stereocenters. The van der Waals surface area contributed by atoms with Crippen molar-refractivity contribution in [3.8, 4) is 0 Å². The van der Waals surface area contributed by atoms with Gasteiger partial charge in [-0.1, -0.05) is 0 Å². The summed E-state index contributed by atoms with van der Waals surface area (Å²) in [6.07, 6.45) is 2.90. The summed E-state index contributed by atoms with van der Waals surface area (Å²) in [4.78, 5) is 37.6. The van der Waals surface area contributed by atoms with Crippen molar-refractivity contribution in [3.05, 3.63) is 58.4 Å². The van der Waals surface area contributed by atoms with Crippen LogP contribution in [0.15, 0.2) is 45.9 Å². The monoisotopic (exact) mass is 303 g/mol. The van der Waals surface area contributed by atoms with E-state index in [0.717, 1.165) is 0 Å². The standard InChI is InChI=1S/C15H17N3O4/c1-9(11-5-6-16-13(19)8-11)17-14(20)10(2)18-15(21)12-4-3-7-22-12/h3-10H,1-2H3,(H,16,19)(H,17,20)(H,18,21). The number of furan rings is 1. The third kappa shape index (κ3) is 3.85. The van der Waals surface area contributed by atoms with Crippen LogP contribution in [-0.4, -0.2) is 22.8 Å². The molecule has 116 valence electrons. The van der Waals surface area contributed by atoms with Crippen molar-refractivity contribution in [1.82, 2.24) is 15.6 Å². The second-order valence-corrected chi connectivity index (χ2v) is 4.89. The molecule has 0 aromatic carbocycles. The number of amides is 2. The summed E-state index contributed by atoms with van der Waals surface area (Å²) in [6.45, 7) is 3.33. The lowest BCUT2D eigenvalue weighted by Crippen LogP contribution is -2.45. The molecular weight excluding hydrogens is 286 g/mol. The van der Waals surface area contributed by atoms with Gasteiger partial charge >= 0.3 is 0 Å². The number of hydrogen-bond acceptors (Lipinski definition) is 4. The molecule has 0 saturated heterocycles. The summed E-state index contributed by atoms with van der Waals surface area (Å²) in [5.41, 5.74) is 0.444. The molecule has 22 heavy (non-hydrogen) atoms. The van der Waals surface area contributed by atoms with Crippen LogP contribution in [0, 0.1) is 0 Å². The zero-order valence-corrected chi connectivity index (χ0v) is 12.3. The van der Waals surface area contributed by atoms with Crippen LogP contribution in [0.2, 0.25) is 0 Å². The average molecular weight is 303 g/mol. The molecule has 0 aliphatic carbocycles. The first-order valence-electron chi connectivity index (χ1n) is 6.80. The van der Waals surface area contributed by atoms with Gasteiger partial charge in [-0.25, -0.2) is 0 Å². The molecule has 2 atom stereocenters. The maximum Gasteiger partial charge on any atom is 0.287 e. The molecule has 0 aliphatic heterocycles. The highest BCUT2D eigenvalue weighted by Gasteiger charge is 2.20. The van der Waals surface area contributed by atoms with Crippen LogP contribution in [0.5, 0.6) is 0 Å². The third-order valence-corrected chi connectivity index (χ3v) is 3.14. The van der Waals surface area contributed by atoms with Crippen LogP contribution in [0.4, 0.5) is 0 Å². The predicted octanol–water partition coefficient (Wildman–Crippen LogP) is 0.964. The number of rotatable bonds is 5. The maximum absolute atomic E-state index is 12.1. The Bertz CT molecular complexity index is 706. The van der Waals surface area contributed by atoms with E-state index in [1.807, 2.05) is 0 Å². The molecule has 2 amide bonds. The molecule has 2 heterocycles. The van der Waals surface area contributed by atoms with E-state index in [1.54, 1.807) is 26.0 Å². The van der Waals surface area contributed by atoms with Crippen LogP contribution in [0.25, 0.3) is 0 Å². The molecule has 0 bridgehead atoms. The number of H-pyrrole nitrogens is 1. The zero-order chi connectivity index (χ0) is 16.1. The van der Waals surface area contributed by atoms with Crippen molar-refractivity contribution in [2.24, 2.45) is 0 Å². The fraction of sp³-hybridized carbons (Fsp3) is 0.267. The van der Waals surface area contributed by atoms with E-state index in [2.05, 4.69) is 15.6 Å². The lowest BCUT2D eigenvalue weighted by atomic mass is 10.1. The van der Waals surface area contributed by atoms with Crippen molar-refractivity contribution < 1.29 is 14.0 Å². The highest BCUT2D eigenvalue weighted by atomic mass is 16.3. The highest BCUT2D eigenvalue weighted by molar-refractivity contribution is 5.95. The molecular formula is C15H17N3O4. The number of aromatic nitrogens is 1. The van der Waals surface area contributed by atoms with Gasteiger partial charge in [0.2, 0.25) is 11.5 Å². The molecule has 7 nitrogen and oxygen atoms in total. The van der Waals surface area contributed by atoms with E-state index in [4.69, 9.17) is 4.42 Å². The summed E-state index contributed by atoms with van der Waals surface area (Å²) in [6, 6.07) is 5.14. The van der Waals surface area contributed by atoms with Gasteiger partial charge < -0.3 is 20.0 Å². The van der Waals surface area contributed by atoms with E-state index >= 15 is 0 Å². The van der Waals surface area contributed by atoms with Gasteiger partial charge in [-0.3, -0.25) is 14.4 Å². The lowest BCUT2D eigenvalue weighted by molar-refractivity contribution is -0.123. The first-order valence-corrected chi connectivity index (χ1v) is 6.80. The van der Waals surface area contributed by atoms with Crippen molar-refractivity contribution >= 4 is 11.8 Å². The van der Waals surface area contributed by atoms with E-state index in [-0.39, 0.29) is 23.3 Å². The van der Waals surface area contributed by atoms with Crippen molar-refractivity contribution in [2.75, 3.05) is 0 Å². The third-order valence-electron chi connectivity index (χ3n) is 3.14. The van der Waals surface area contributed by atoms with Gasteiger partial charge in [-0.2, -0.15) is 0 Å². The van der Waals surface area contributed by atoms with Crippen molar-refractivity contribution in [3.63, 3.8) is 0 Å². The normalized spacial score (nSPS) is 13.2. The molecule has 0 spiro atoms. The molecule has 0 aliphatic rings. The number of carbonyl (C=O) groups excluding carboxylic acids is 2. The van der Waals surface area contributed by atoms with Gasteiger partial charge in [-0.05, 0) is 37.6 Å². The summed E-state index contributed by atoms with van der Waals surface area (Å²) in [5.74, 6) is -0.675. The number of carbonyl (C=O) groups is 2. The van der Waals surface area contributed by atoms with Crippen LogP contribution >= 0.6 is 0 Å². The summed E-state index contributed by atoms with van der Waals surface area (Å²) in [7, 11) is 0. The van der Waals surface area contributed by atoms with Gasteiger partial charge in [-0.15, -0.1) is 0 Å². The SMILES string of the molecule is CC(NC(=O)c1ccco1)C(=O)NC(C)c1cc[nH]c(=O)c1. The molecule has 0 radical (unpaired) electrons. The second-order valence-electron chi connectivity index (χ2n) is 4.89. The lowest BCUT2D eigenvalue weighted by Gasteiger charge is -2.18. The molecule has 3 N–H and O–H groups in total. The van der Waals surface area contributed by atoms with Crippen LogP contribution in [-0.2, 0) is 4.79 Å². The fourth-order valence-corrected chi connectivity index (χ4v) is 1.89. The van der Waals surface area contributed by atoms with Gasteiger partial charge in [0.1, 0.15) is 6.04 Å². The highest BCUT2D eigenvalue weighted by Crippen LogP contribution is 2.09. The van der Waals surface area contributed by atoms with Gasteiger partial charge in [0.05, 0.1) is 12.3 Å². The first-order chi connectivity index (χ1) is 10.5. The summed E-state index contributed by atoms with van der Waals surface area (Å²) >= 11 is 0. The predicted molar refractivity (Wildman–Crippen MR) is 79.3 cm³/mol. The minimum Gasteiger partial charge on any atom is -0.459 e. The van der Waals surface area contributed by atoms with Crippen LogP contribution < -0.4 is 16.2 Å². The number of nitrogens with one attached hydrogen (secondary N) is 3. The Labute approximate surface area is 126 Å². The smallest absolute Gasteiger partial charge is 0.287 e. The van der Waals surface area contributed by atoms with E-state index in [1.165, 1.54) is 24.6 Å². The second kappa shape index (κ2) is 6.75. The Morgan fingerprint density at radius 2 is 2.00 bits per heavy atom. The average Bonchev–Trinajstić information content (AvgIpc) is 3.01. The molecule has 2 aromatic heterocycles. The van der Waals surface area contributed by atoms with Gasteiger partial charge in [0.25, 0.3) is 5.91 Å². The Morgan fingerprint density at radius 3 is 2.64 bits per heavy atom. The molecule has 2 rings (SSSR count). The first kappa shape index (κ1) is 15.6. The summed E-state index contributed by atoms with van der Waals surface area (Å²) in [5, 5.41) is 5.27. The van der Waals surface area contributed by atoms with Crippen molar-refractivity contribution in [1.29, 1.82) is 0 Å². The quantitative estimate of drug-likeness (QED) is 0.765. The Morgan fingerprint density at radius 1 is 1.23 bits per heavy atom. The van der Waals surface area contributed by atoms with Gasteiger partial charge in [0, 0.05) is 12.3 Å². The molecule has 0 saturated carbocycles. The van der Waals surface area contributed by atoms with Crippen LogP contribution in [0.3, 0.4) is 0 Å². The largest absolute Gasteiger partial charge is 0.459 e. The van der Waals surface area contributed by atoms with E-state index < -0.39 is 11.9 Å². The molecule has 2 aromatic rings. The topological polar surface area (TPSA) is 104 Å². The Kier molecular flexibility index (Phi) is 4.77. The minimum absolute atomic E-state index is 0.141. The fourth-order valence-electron chi connectivity index (χ4n) is 1.89. The van der Waals surface area contributed by atoms with E-state index in [0.29, 0.717) is 5.56 Å². The number of pyridine rings is 1. The molecule has 7 heteroatoms. The van der Waals surface area contributed by atoms with Crippen LogP contribution in [0.1, 0.15) is 36.0 Å². The Balaban J connectivity index is 1.93.